The highest BCUT2D eigenvalue weighted by Crippen LogP contribution is 2.27. The predicted molar refractivity (Wildman–Crippen MR) is 68.2 cm³/mol. The van der Waals surface area contributed by atoms with Crippen LogP contribution in [0.5, 0.6) is 0 Å². The highest BCUT2D eigenvalue weighted by molar-refractivity contribution is 7.91. The first-order chi connectivity index (χ1) is 8.40. The van der Waals surface area contributed by atoms with E-state index in [1.807, 2.05) is 6.07 Å². The average molecular weight is 263 g/mol. The van der Waals surface area contributed by atoms with Gasteiger partial charge in [0.25, 0.3) is 0 Å². The quantitative estimate of drug-likeness (QED) is 0.823. The van der Waals surface area contributed by atoms with Crippen LogP contribution in [0.4, 0.5) is 0 Å². The Morgan fingerprint density at radius 1 is 1.50 bits per heavy atom. The molecule has 5 heteroatoms. The van der Waals surface area contributed by atoms with Crippen molar-refractivity contribution in [1.29, 1.82) is 5.26 Å². The number of rotatable bonds is 4. The lowest BCUT2D eigenvalue weighted by Gasteiger charge is -2.20. The summed E-state index contributed by atoms with van der Waals surface area (Å²) in [5.41, 5.74) is 0.716. The third-order valence-electron chi connectivity index (χ3n) is 2.48. The summed E-state index contributed by atoms with van der Waals surface area (Å²) < 4.78 is 23.5. The van der Waals surface area contributed by atoms with E-state index in [9.17, 15) is 13.5 Å². The second kappa shape index (κ2) is 5.68. The summed E-state index contributed by atoms with van der Waals surface area (Å²) in [6.45, 7) is 0. The maximum absolute atomic E-state index is 11.7. The summed E-state index contributed by atoms with van der Waals surface area (Å²) in [6.07, 6.45) is 4.88. The molecule has 0 radical (unpaired) electrons. The van der Waals surface area contributed by atoms with Crippen LogP contribution in [0, 0.1) is 23.7 Å². The SMILES string of the molecule is C#CCC(O)C(c1cccc(C#N)c1)S(C)(=O)=O. The first-order valence-corrected chi connectivity index (χ1v) is 7.16. The fourth-order valence-electron chi connectivity index (χ4n) is 1.77. The van der Waals surface area contributed by atoms with Gasteiger partial charge in [0.1, 0.15) is 5.25 Å². The molecule has 0 aliphatic rings. The van der Waals surface area contributed by atoms with Gasteiger partial charge >= 0.3 is 0 Å². The monoisotopic (exact) mass is 263 g/mol. The molecule has 1 aromatic carbocycles. The fourth-order valence-corrected chi connectivity index (χ4v) is 3.08. The molecular weight excluding hydrogens is 250 g/mol. The number of sulfone groups is 1. The van der Waals surface area contributed by atoms with E-state index in [0.29, 0.717) is 11.1 Å². The molecule has 0 saturated heterocycles. The summed E-state index contributed by atoms with van der Waals surface area (Å²) in [7, 11) is -3.52. The fraction of sp³-hybridized carbons (Fsp3) is 0.308. The highest BCUT2D eigenvalue weighted by atomic mass is 32.2. The van der Waals surface area contributed by atoms with Crippen molar-refractivity contribution in [1.82, 2.24) is 0 Å². The molecule has 0 amide bonds. The molecule has 18 heavy (non-hydrogen) atoms. The first kappa shape index (κ1) is 14.2. The van der Waals surface area contributed by atoms with Crippen LogP contribution in [0.1, 0.15) is 22.8 Å². The smallest absolute Gasteiger partial charge is 0.157 e. The molecule has 1 rings (SSSR count). The normalized spacial score (nSPS) is 14.2. The van der Waals surface area contributed by atoms with E-state index in [0.717, 1.165) is 6.26 Å². The molecule has 2 unspecified atom stereocenters. The van der Waals surface area contributed by atoms with Gasteiger partial charge < -0.3 is 5.11 Å². The number of hydrogen-bond donors (Lipinski definition) is 1. The van der Waals surface area contributed by atoms with Crippen molar-refractivity contribution >= 4 is 9.84 Å². The van der Waals surface area contributed by atoms with Crippen LogP contribution in [0.15, 0.2) is 24.3 Å². The number of terminal acetylenes is 1. The lowest BCUT2D eigenvalue weighted by Crippen LogP contribution is -2.25. The lowest BCUT2D eigenvalue weighted by atomic mass is 10.0. The van der Waals surface area contributed by atoms with Crippen molar-refractivity contribution in [3.8, 4) is 18.4 Å². The maximum Gasteiger partial charge on any atom is 0.157 e. The second-order valence-electron chi connectivity index (χ2n) is 3.96. The molecule has 0 aromatic heterocycles. The number of nitriles is 1. The molecule has 0 spiro atoms. The Bertz CT molecular complexity index is 608. The standard InChI is InChI=1S/C13H13NO3S/c1-3-5-12(15)13(18(2,16)17)11-7-4-6-10(8-11)9-14/h1,4,6-8,12-13,15H,5H2,2H3. The minimum Gasteiger partial charge on any atom is -0.390 e. The molecule has 4 nitrogen and oxygen atoms in total. The Morgan fingerprint density at radius 3 is 2.67 bits per heavy atom. The molecule has 0 aliphatic heterocycles. The van der Waals surface area contributed by atoms with Crippen LogP contribution >= 0.6 is 0 Å². The van der Waals surface area contributed by atoms with Crippen LogP contribution in [0.2, 0.25) is 0 Å². The van der Waals surface area contributed by atoms with Crippen molar-refractivity contribution in [2.45, 2.75) is 17.8 Å². The Balaban J connectivity index is 3.28. The Hall–Kier alpha value is -1.82. The molecule has 1 aromatic rings. The van der Waals surface area contributed by atoms with Crippen molar-refractivity contribution in [3.63, 3.8) is 0 Å². The number of hydrogen-bond acceptors (Lipinski definition) is 4. The minimum absolute atomic E-state index is 0.0610. The molecule has 0 aliphatic carbocycles. The average Bonchev–Trinajstić information content (AvgIpc) is 2.28. The Labute approximate surface area is 107 Å². The summed E-state index contributed by atoms with van der Waals surface area (Å²) in [6, 6.07) is 8.08. The molecule has 0 fully saturated rings. The van der Waals surface area contributed by atoms with Crippen LogP contribution in [-0.2, 0) is 9.84 Å². The predicted octanol–water partition coefficient (Wildman–Crippen LogP) is 1.03. The van der Waals surface area contributed by atoms with E-state index in [1.165, 1.54) is 6.07 Å². The number of aliphatic hydroxyl groups is 1. The summed E-state index contributed by atoms with van der Waals surface area (Å²) in [5.74, 6) is 2.24. The first-order valence-electron chi connectivity index (χ1n) is 5.20. The van der Waals surface area contributed by atoms with Crippen LogP contribution in [0.3, 0.4) is 0 Å². The van der Waals surface area contributed by atoms with Crippen molar-refractivity contribution in [3.05, 3.63) is 35.4 Å². The highest BCUT2D eigenvalue weighted by Gasteiger charge is 2.30. The lowest BCUT2D eigenvalue weighted by molar-refractivity contribution is 0.174. The zero-order valence-corrected chi connectivity index (χ0v) is 10.7. The van der Waals surface area contributed by atoms with Crippen LogP contribution in [0.25, 0.3) is 0 Å². The van der Waals surface area contributed by atoms with E-state index >= 15 is 0 Å². The van der Waals surface area contributed by atoms with E-state index < -0.39 is 21.2 Å². The largest absolute Gasteiger partial charge is 0.390 e. The van der Waals surface area contributed by atoms with Gasteiger partial charge in [0.2, 0.25) is 0 Å². The summed E-state index contributed by atoms with van der Waals surface area (Å²) in [4.78, 5) is 0. The minimum atomic E-state index is -3.52. The summed E-state index contributed by atoms with van der Waals surface area (Å²) in [5, 5.41) is 17.5. The van der Waals surface area contributed by atoms with Gasteiger partial charge in [0, 0.05) is 12.7 Å². The molecule has 2 atom stereocenters. The van der Waals surface area contributed by atoms with E-state index in [4.69, 9.17) is 11.7 Å². The van der Waals surface area contributed by atoms with Gasteiger partial charge in [-0.2, -0.15) is 5.26 Å². The van der Waals surface area contributed by atoms with Crippen molar-refractivity contribution in [2.24, 2.45) is 0 Å². The zero-order chi connectivity index (χ0) is 13.8. The van der Waals surface area contributed by atoms with Gasteiger partial charge in [-0.05, 0) is 17.7 Å². The topological polar surface area (TPSA) is 78.2 Å². The number of aliphatic hydroxyl groups excluding tert-OH is 1. The van der Waals surface area contributed by atoms with Gasteiger partial charge in [-0.3, -0.25) is 0 Å². The van der Waals surface area contributed by atoms with Gasteiger partial charge in [-0.15, -0.1) is 12.3 Å². The Morgan fingerprint density at radius 2 is 2.17 bits per heavy atom. The second-order valence-corrected chi connectivity index (χ2v) is 6.13. The van der Waals surface area contributed by atoms with Crippen LogP contribution in [-0.4, -0.2) is 25.9 Å². The van der Waals surface area contributed by atoms with Gasteiger partial charge in [-0.25, -0.2) is 8.42 Å². The van der Waals surface area contributed by atoms with E-state index in [-0.39, 0.29) is 6.42 Å². The Kier molecular flexibility index (Phi) is 4.49. The number of nitrogens with zero attached hydrogens (tertiary/aromatic N) is 1. The van der Waals surface area contributed by atoms with E-state index in [1.54, 1.807) is 18.2 Å². The van der Waals surface area contributed by atoms with Gasteiger partial charge in [-0.1, -0.05) is 12.1 Å². The third kappa shape index (κ3) is 3.33. The third-order valence-corrected chi connectivity index (χ3v) is 3.99. The van der Waals surface area contributed by atoms with Gasteiger partial charge in [0.05, 0.1) is 17.7 Å². The van der Waals surface area contributed by atoms with Crippen molar-refractivity contribution in [2.75, 3.05) is 6.26 Å². The molecular formula is C13H13NO3S. The van der Waals surface area contributed by atoms with E-state index in [2.05, 4.69) is 5.92 Å². The molecule has 0 bridgehead atoms. The number of benzene rings is 1. The van der Waals surface area contributed by atoms with Gasteiger partial charge in [0.15, 0.2) is 9.84 Å². The molecule has 0 heterocycles. The zero-order valence-electron chi connectivity index (χ0n) is 9.87. The summed E-state index contributed by atoms with van der Waals surface area (Å²) >= 11 is 0. The van der Waals surface area contributed by atoms with Crippen LogP contribution < -0.4 is 0 Å². The molecule has 94 valence electrons. The van der Waals surface area contributed by atoms with Crippen molar-refractivity contribution < 1.29 is 13.5 Å². The molecule has 0 saturated carbocycles. The maximum atomic E-state index is 11.7. The molecule has 1 N–H and O–H groups in total.